The molecule has 2 N–H and O–H groups in total. The molecule has 8 heteroatoms. The van der Waals surface area contributed by atoms with E-state index in [1.54, 1.807) is 7.05 Å². The van der Waals surface area contributed by atoms with Crippen molar-refractivity contribution in [3.05, 3.63) is 65.1 Å². The number of hydrogen-bond acceptors (Lipinski definition) is 3. The molecule has 0 unspecified atom stereocenters. The number of aliphatic imine (C=N–C) groups is 1. The molecule has 0 bridgehead atoms. The van der Waals surface area contributed by atoms with Crippen LogP contribution in [0, 0.1) is 5.41 Å². The summed E-state index contributed by atoms with van der Waals surface area (Å²) >= 11 is 6.10. The summed E-state index contributed by atoms with van der Waals surface area (Å²) in [4.78, 5) is 4.31. The number of aromatic nitrogens is 3. The summed E-state index contributed by atoms with van der Waals surface area (Å²) < 4.78 is 1.96. The standard InChI is InChI=1S/C20H25ClN6.HI/c1-20(2,12-15-7-6-8-16(21)11-15)14-24-19(22-3)23-13-18-26-25-17-9-4-5-10-27(17)18;/h4-11H,12-14H2,1-3H3,(H2,22,23,24);1H. The van der Waals surface area contributed by atoms with Gasteiger partial charge in [-0.05, 0) is 41.7 Å². The molecule has 3 rings (SSSR count). The van der Waals surface area contributed by atoms with Crippen LogP contribution in [0.2, 0.25) is 5.02 Å². The van der Waals surface area contributed by atoms with E-state index in [2.05, 4.69) is 45.7 Å². The number of benzene rings is 1. The smallest absolute Gasteiger partial charge is 0.191 e. The third-order valence-electron chi connectivity index (χ3n) is 4.33. The van der Waals surface area contributed by atoms with E-state index in [-0.39, 0.29) is 29.4 Å². The average Bonchev–Trinajstić information content (AvgIpc) is 3.05. The largest absolute Gasteiger partial charge is 0.356 e. The molecule has 0 aliphatic rings. The number of fused-ring (bicyclic) bond motifs is 1. The Morgan fingerprint density at radius 3 is 2.71 bits per heavy atom. The van der Waals surface area contributed by atoms with Crippen molar-refractivity contribution in [1.29, 1.82) is 0 Å². The van der Waals surface area contributed by atoms with E-state index in [9.17, 15) is 0 Å². The summed E-state index contributed by atoms with van der Waals surface area (Å²) in [6, 6.07) is 13.9. The molecule has 3 aromatic rings. The van der Waals surface area contributed by atoms with Crippen LogP contribution in [0.1, 0.15) is 25.2 Å². The lowest BCUT2D eigenvalue weighted by Gasteiger charge is -2.26. The summed E-state index contributed by atoms with van der Waals surface area (Å²) in [7, 11) is 1.77. The zero-order valence-corrected chi connectivity index (χ0v) is 19.4. The van der Waals surface area contributed by atoms with Crippen molar-refractivity contribution < 1.29 is 0 Å². The van der Waals surface area contributed by atoms with Gasteiger partial charge < -0.3 is 10.6 Å². The van der Waals surface area contributed by atoms with Gasteiger partial charge in [0, 0.05) is 24.8 Å². The Morgan fingerprint density at radius 2 is 1.96 bits per heavy atom. The van der Waals surface area contributed by atoms with Gasteiger partial charge in [-0.3, -0.25) is 9.39 Å². The molecule has 2 aromatic heterocycles. The van der Waals surface area contributed by atoms with Crippen molar-refractivity contribution in [2.75, 3.05) is 13.6 Å². The third kappa shape index (κ3) is 6.07. The van der Waals surface area contributed by atoms with Gasteiger partial charge >= 0.3 is 0 Å². The van der Waals surface area contributed by atoms with Gasteiger partial charge in [-0.2, -0.15) is 0 Å². The first-order valence-corrected chi connectivity index (χ1v) is 9.32. The fourth-order valence-electron chi connectivity index (χ4n) is 2.98. The minimum absolute atomic E-state index is 0. The lowest BCUT2D eigenvalue weighted by atomic mass is 9.86. The maximum absolute atomic E-state index is 6.10. The van der Waals surface area contributed by atoms with Gasteiger partial charge in [0.25, 0.3) is 0 Å². The highest BCUT2D eigenvalue weighted by Gasteiger charge is 2.19. The number of rotatable bonds is 6. The zero-order chi connectivity index (χ0) is 19.3. The monoisotopic (exact) mass is 512 g/mol. The summed E-state index contributed by atoms with van der Waals surface area (Å²) in [5, 5.41) is 15.9. The number of nitrogens with zero attached hydrogens (tertiary/aromatic N) is 4. The number of halogens is 2. The molecule has 28 heavy (non-hydrogen) atoms. The molecule has 150 valence electrons. The number of pyridine rings is 1. The molecule has 0 amide bonds. The van der Waals surface area contributed by atoms with Crippen molar-refractivity contribution in [3.8, 4) is 0 Å². The van der Waals surface area contributed by atoms with Gasteiger partial charge in [0.15, 0.2) is 17.4 Å². The van der Waals surface area contributed by atoms with E-state index in [4.69, 9.17) is 11.6 Å². The van der Waals surface area contributed by atoms with Crippen LogP contribution in [0.3, 0.4) is 0 Å². The Balaban J connectivity index is 0.00000280. The molecule has 0 spiro atoms. The van der Waals surface area contributed by atoms with Crippen LogP contribution >= 0.6 is 35.6 Å². The van der Waals surface area contributed by atoms with Crippen molar-refractivity contribution >= 4 is 47.2 Å². The maximum Gasteiger partial charge on any atom is 0.191 e. The quantitative estimate of drug-likeness (QED) is 0.298. The Morgan fingerprint density at radius 1 is 1.14 bits per heavy atom. The molecule has 0 aliphatic carbocycles. The zero-order valence-electron chi connectivity index (χ0n) is 16.3. The first kappa shape index (κ1) is 22.4. The highest BCUT2D eigenvalue weighted by Crippen LogP contribution is 2.22. The molecular formula is C20H26ClIN6. The summed E-state index contributed by atoms with van der Waals surface area (Å²) in [6.07, 6.45) is 2.88. The molecule has 0 fully saturated rings. The Bertz CT molecular complexity index is 937. The first-order valence-electron chi connectivity index (χ1n) is 8.94. The molecule has 0 radical (unpaired) electrons. The van der Waals surface area contributed by atoms with E-state index in [1.807, 2.05) is 47.0 Å². The van der Waals surface area contributed by atoms with Crippen LogP contribution < -0.4 is 10.6 Å². The van der Waals surface area contributed by atoms with Crippen LogP contribution in [0.5, 0.6) is 0 Å². The van der Waals surface area contributed by atoms with Crippen LogP contribution in [0.15, 0.2) is 53.7 Å². The predicted octanol–water partition coefficient (Wildman–Crippen LogP) is 3.93. The topological polar surface area (TPSA) is 66.6 Å². The third-order valence-corrected chi connectivity index (χ3v) is 4.56. The molecule has 6 nitrogen and oxygen atoms in total. The molecule has 0 atom stereocenters. The van der Waals surface area contributed by atoms with E-state index in [0.717, 1.165) is 35.4 Å². The highest BCUT2D eigenvalue weighted by atomic mass is 127. The van der Waals surface area contributed by atoms with Crippen molar-refractivity contribution in [2.45, 2.75) is 26.8 Å². The highest BCUT2D eigenvalue weighted by molar-refractivity contribution is 14.0. The minimum atomic E-state index is 0. The average molecular weight is 513 g/mol. The molecule has 0 aliphatic heterocycles. The maximum atomic E-state index is 6.10. The summed E-state index contributed by atoms with van der Waals surface area (Å²) in [6.45, 7) is 5.76. The second-order valence-electron chi connectivity index (χ2n) is 7.30. The van der Waals surface area contributed by atoms with E-state index >= 15 is 0 Å². The first-order chi connectivity index (χ1) is 13.0. The molecule has 0 saturated carbocycles. The molecule has 2 heterocycles. The van der Waals surface area contributed by atoms with Crippen molar-refractivity contribution in [1.82, 2.24) is 25.2 Å². The second kappa shape index (κ2) is 10.1. The van der Waals surface area contributed by atoms with Gasteiger partial charge in [0.1, 0.15) is 0 Å². The summed E-state index contributed by atoms with van der Waals surface area (Å²) in [5.74, 6) is 1.58. The van der Waals surface area contributed by atoms with Crippen LogP contribution in [0.25, 0.3) is 5.65 Å². The van der Waals surface area contributed by atoms with Gasteiger partial charge in [0.05, 0.1) is 6.54 Å². The van der Waals surface area contributed by atoms with E-state index in [1.165, 1.54) is 5.56 Å². The Labute approximate surface area is 187 Å². The summed E-state index contributed by atoms with van der Waals surface area (Å²) in [5.41, 5.74) is 2.11. The van der Waals surface area contributed by atoms with Gasteiger partial charge in [-0.15, -0.1) is 34.2 Å². The van der Waals surface area contributed by atoms with Crippen LogP contribution in [-0.2, 0) is 13.0 Å². The fourth-order valence-corrected chi connectivity index (χ4v) is 3.19. The Hall–Kier alpha value is -1.87. The molecule has 1 aromatic carbocycles. The van der Waals surface area contributed by atoms with Crippen molar-refractivity contribution in [3.63, 3.8) is 0 Å². The van der Waals surface area contributed by atoms with Crippen LogP contribution in [-0.4, -0.2) is 34.2 Å². The SMILES string of the molecule is CN=C(NCc1nnc2ccccn12)NCC(C)(C)Cc1cccc(Cl)c1.I. The van der Waals surface area contributed by atoms with E-state index in [0.29, 0.717) is 6.54 Å². The van der Waals surface area contributed by atoms with Gasteiger partial charge in [-0.1, -0.05) is 43.6 Å². The second-order valence-corrected chi connectivity index (χ2v) is 7.73. The Kier molecular flexibility index (Phi) is 8.06. The number of guanidine groups is 1. The van der Waals surface area contributed by atoms with E-state index < -0.39 is 0 Å². The normalized spacial score (nSPS) is 11.9. The van der Waals surface area contributed by atoms with Gasteiger partial charge in [0.2, 0.25) is 0 Å². The number of nitrogens with one attached hydrogen (secondary N) is 2. The number of hydrogen-bond donors (Lipinski definition) is 2. The van der Waals surface area contributed by atoms with Crippen molar-refractivity contribution in [2.24, 2.45) is 10.4 Å². The predicted molar refractivity (Wildman–Crippen MR) is 126 cm³/mol. The lowest BCUT2D eigenvalue weighted by Crippen LogP contribution is -2.42. The van der Waals surface area contributed by atoms with Crippen LogP contribution in [0.4, 0.5) is 0 Å². The van der Waals surface area contributed by atoms with Gasteiger partial charge in [-0.25, -0.2) is 0 Å². The molecular weight excluding hydrogens is 487 g/mol. The lowest BCUT2D eigenvalue weighted by molar-refractivity contribution is 0.359. The minimum Gasteiger partial charge on any atom is -0.356 e. The molecule has 0 saturated heterocycles. The fraction of sp³-hybridized carbons (Fsp3) is 0.350.